The Hall–Kier alpha value is -3.80. The number of nitrogens with two attached hydrogens (primary N) is 2. The van der Waals surface area contributed by atoms with Crippen LogP contribution in [0.15, 0.2) is 65.7 Å². The second-order valence-electron chi connectivity index (χ2n) is 9.13. The molecule has 212 valence electrons. The molecule has 0 saturated carbocycles. The number of amides is 1. The Balaban J connectivity index is 2.22. The molecule has 0 aliphatic heterocycles. The van der Waals surface area contributed by atoms with Crippen LogP contribution in [0.4, 0.5) is 0 Å². The number of aliphatic hydroxyl groups is 1. The van der Waals surface area contributed by atoms with Gasteiger partial charge in [-0.2, -0.15) is 0 Å². The number of Topliss-reactive ketones (excluding diaryl/α,β-unsaturated/α-hetero) is 1. The van der Waals surface area contributed by atoms with Gasteiger partial charge in [0.25, 0.3) is 0 Å². The molecule has 4 atom stereocenters. The molecule has 0 fully saturated rings. The van der Waals surface area contributed by atoms with E-state index in [1.807, 2.05) is 36.4 Å². The highest BCUT2D eigenvalue weighted by Gasteiger charge is 2.30. The first-order valence-corrected chi connectivity index (χ1v) is 12.8. The second-order valence-corrected chi connectivity index (χ2v) is 9.13. The third kappa shape index (κ3) is 11.6. The van der Waals surface area contributed by atoms with E-state index in [0.29, 0.717) is 12.8 Å². The third-order valence-corrected chi connectivity index (χ3v) is 6.03. The number of aliphatic hydroxyl groups excluding tert-OH is 1. The molecule has 0 bridgehead atoms. The number of hydrogen-bond acceptors (Lipinski definition) is 7. The first kappa shape index (κ1) is 29.8. The maximum Gasteiger partial charge on any atom is 0.321 e. The van der Waals surface area contributed by atoms with Gasteiger partial charge in [0.1, 0.15) is 6.04 Å². The van der Waals surface area contributed by atoms with Gasteiger partial charge in [-0.3, -0.25) is 24.7 Å². The molecule has 1 unspecified atom stereocenters. The molecule has 2 aromatic carbocycles. The van der Waals surface area contributed by atoms with Gasteiger partial charge in [0.05, 0.1) is 24.7 Å². The molecule has 2 aromatic rings. The van der Waals surface area contributed by atoms with E-state index >= 15 is 0 Å². The molecule has 0 heterocycles. The summed E-state index contributed by atoms with van der Waals surface area (Å²) in [5.41, 5.74) is 12.4. The Morgan fingerprint density at radius 3 is 2.05 bits per heavy atom. The summed E-state index contributed by atoms with van der Waals surface area (Å²) in [6.45, 7) is -0.205. The topological polar surface area (TPSA) is 192 Å². The lowest BCUT2D eigenvalue weighted by molar-refractivity contribution is -0.140. The minimum absolute atomic E-state index is 0.0982. The minimum Gasteiger partial charge on any atom is -0.480 e. The lowest BCUT2D eigenvalue weighted by Crippen LogP contribution is -2.56. The van der Waals surface area contributed by atoms with Crippen molar-refractivity contribution in [3.05, 3.63) is 71.8 Å². The molecule has 39 heavy (non-hydrogen) atoms. The van der Waals surface area contributed by atoms with Crippen molar-refractivity contribution in [3.8, 4) is 0 Å². The fourth-order valence-electron chi connectivity index (χ4n) is 4.04. The Morgan fingerprint density at radius 2 is 1.54 bits per heavy atom. The first-order chi connectivity index (χ1) is 19.2. The van der Waals surface area contributed by atoms with Crippen molar-refractivity contribution in [3.63, 3.8) is 0 Å². The molecule has 11 nitrogen and oxygen atoms in total. The van der Waals surface area contributed by atoms with Gasteiger partial charge < -0.3 is 32.3 Å². The summed E-state index contributed by atoms with van der Waals surface area (Å²) in [7, 11) is 0. The second kappa shape index (κ2) is 16.9. The van der Waals surface area contributed by atoms with E-state index in [0.717, 1.165) is 11.1 Å². The normalized spacial score (nSPS) is 14.3. The number of rotatable bonds is 18. The summed E-state index contributed by atoms with van der Waals surface area (Å²) in [4.78, 5) is 42.9. The predicted molar refractivity (Wildman–Crippen MR) is 150 cm³/mol. The number of nitrogens with one attached hydrogen (secondary N) is 3. The molecular formula is C28H40N6O5. The van der Waals surface area contributed by atoms with Gasteiger partial charge in [-0.15, -0.1) is 0 Å². The molecule has 0 aliphatic rings. The summed E-state index contributed by atoms with van der Waals surface area (Å²) >= 11 is 0. The standard InChI is InChI=1S/C28H40N6O5/c1-19(33-24(27(38)39)18-21-11-6-3-7-12-21)25(36)22(13-8-14-32-28(29)30)34-26(37)23(31-15-16-35)17-20-9-4-2-5-10-20/h2-7,9-12,19,22-24,31,33,35H,8,13-18H2,1H3,(H,34,37)(H,38,39)(H4,29,30,32)/t19?,22-,23-,24-/m0/s1/i1D. The van der Waals surface area contributed by atoms with Crippen LogP contribution in [0.1, 0.15) is 32.2 Å². The summed E-state index contributed by atoms with van der Waals surface area (Å²) in [6.07, 6.45) is 0.971. The number of carboxylic acids is 1. The summed E-state index contributed by atoms with van der Waals surface area (Å²) < 4.78 is 7.99. The number of nitrogens with zero attached hydrogens (tertiary/aromatic N) is 1. The van der Waals surface area contributed by atoms with Crippen LogP contribution in [-0.4, -0.2) is 77.7 Å². The molecule has 1 amide bonds. The molecule has 0 radical (unpaired) electrons. The SMILES string of the molecule is [2H]CC(N[C@@H](Cc1ccccc1)C(=O)O)C(=O)[C@H](CCCN=C(N)N)NC(=O)[C@H](Cc1ccccc1)NCCO. The number of benzene rings is 2. The zero-order valence-corrected chi connectivity index (χ0v) is 22.0. The largest absolute Gasteiger partial charge is 0.480 e. The summed E-state index contributed by atoms with van der Waals surface area (Å²) in [6, 6.07) is 14.3. The Bertz CT molecular complexity index is 1090. The quantitative estimate of drug-likeness (QED) is 0.0770. The Morgan fingerprint density at radius 1 is 0.949 bits per heavy atom. The number of guanidine groups is 1. The number of aliphatic carboxylic acids is 1. The highest BCUT2D eigenvalue weighted by atomic mass is 16.4. The van der Waals surface area contributed by atoms with Crippen LogP contribution < -0.4 is 27.4 Å². The van der Waals surface area contributed by atoms with E-state index in [2.05, 4.69) is 20.9 Å². The zero-order valence-electron chi connectivity index (χ0n) is 23.0. The third-order valence-electron chi connectivity index (χ3n) is 6.03. The molecule has 0 aliphatic carbocycles. The summed E-state index contributed by atoms with van der Waals surface area (Å²) in [5, 5.41) is 27.7. The monoisotopic (exact) mass is 541 g/mol. The van der Waals surface area contributed by atoms with Crippen LogP contribution >= 0.6 is 0 Å². The molecule has 0 aromatic heterocycles. The molecule has 9 N–H and O–H groups in total. The van der Waals surface area contributed by atoms with Gasteiger partial charge in [-0.25, -0.2) is 0 Å². The Labute approximate surface area is 230 Å². The van der Waals surface area contributed by atoms with Crippen LogP contribution in [0.25, 0.3) is 0 Å². The van der Waals surface area contributed by atoms with Gasteiger partial charge >= 0.3 is 5.97 Å². The first-order valence-electron chi connectivity index (χ1n) is 13.6. The number of carbonyl (C=O) groups is 3. The fourth-order valence-corrected chi connectivity index (χ4v) is 4.04. The van der Waals surface area contributed by atoms with E-state index in [9.17, 15) is 24.6 Å². The maximum atomic E-state index is 13.6. The molecule has 11 heteroatoms. The van der Waals surface area contributed by atoms with Crippen LogP contribution in [-0.2, 0) is 27.2 Å². The average Bonchev–Trinajstić information content (AvgIpc) is 2.95. The van der Waals surface area contributed by atoms with Crippen LogP contribution in [0.3, 0.4) is 0 Å². The van der Waals surface area contributed by atoms with Crippen molar-refractivity contribution < 1.29 is 26.0 Å². The van der Waals surface area contributed by atoms with Crippen molar-refractivity contribution in [1.29, 1.82) is 0 Å². The van der Waals surface area contributed by atoms with Crippen LogP contribution in [0.5, 0.6) is 0 Å². The zero-order chi connectivity index (χ0) is 29.3. The van der Waals surface area contributed by atoms with Crippen LogP contribution in [0.2, 0.25) is 0 Å². The van der Waals surface area contributed by atoms with Crippen molar-refractivity contribution in [2.45, 2.75) is 56.8 Å². The van der Waals surface area contributed by atoms with Gasteiger partial charge in [-0.1, -0.05) is 60.7 Å². The predicted octanol–water partition coefficient (Wildman–Crippen LogP) is -0.0389. The van der Waals surface area contributed by atoms with E-state index in [4.69, 9.17) is 12.8 Å². The molecule has 0 saturated heterocycles. The van der Waals surface area contributed by atoms with E-state index in [1.165, 1.54) is 0 Å². The van der Waals surface area contributed by atoms with E-state index in [1.54, 1.807) is 24.3 Å². The molecular weight excluding hydrogens is 500 g/mol. The number of ketones is 1. The highest BCUT2D eigenvalue weighted by molar-refractivity contribution is 5.94. The van der Waals surface area contributed by atoms with Crippen molar-refractivity contribution in [2.24, 2.45) is 16.5 Å². The maximum absolute atomic E-state index is 13.6. The van der Waals surface area contributed by atoms with Gasteiger partial charge in [-0.05, 0) is 43.7 Å². The lowest BCUT2D eigenvalue weighted by Gasteiger charge is -2.26. The molecule has 0 spiro atoms. The van der Waals surface area contributed by atoms with Crippen LogP contribution in [0, 0.1) is 0 Å². The Kier molecular flexibility index (Phi) is 12.9. The van der Waals surface area contributed by atoms with Gasteiger partial charge in [0.2, 0.25) is 5.91 Å². The smallest absolute Gasteiger partial charge is 0.321 e. The fraction of sp³-hybridized carbons (Fsp3) is 0.429. The number of hydrogen-bond donors (Lipinski definition) is 7. The van der Waals surface area contributed by atoms with Crippen molar-refractivity contribution in [2.75, 3.05) is 19.7 Å². The number of carbonyl (C=O) groups excluding carboxylic acids is 2. The summed E-state index contributed by atoms with van der Waals surface area (Å²) in [5.74, 6) is -2.22. The number of aliphatic imine (C=N–C) groups is 1. The van der Waals surface area contributed by atoms with E-state index < -0.39 is 48.7 Å². The van der Waals surface area contributed by atoms with Gasteiger partial charge in [0.15, 0.2) is 11.7 Å². The van der Waals surface area contributed by atoms with Crippen molar-refractivity contribution >= 4 is 23.6 Å². The number of carboxylic acid groups (broad SMARTS) is 1. The average molecular weight is 542 g/mol. The molecule has 2 rings (SSSR count). The lowest BCUT2D eigenvalue weighted by atomic mass is 9.98. The van der Waals surface area contributed by atoms with E-state index in [-0.39, 0.29) is 38.5 Å². The minimum atomic E-state index is -1.15. The van der Waals surface area contributed by atoms with Gasteiger partial charge in [0, 0.05) is 14.5 Å². The highest BCUT2D eigenvalue weighted by Crippen LogP contribution is 2.09. The van der Waals surface area contributed by atoms with Crippen molar-refractivity contribution in [1.82, 2.24) is 16.0 Å².